The monoisotopic (exact) mass is 509 g/mol. The van der Waals surface area contributed by atoms with Crippen LogP contribution in [0.5, 0.6) is 0 Å². The minimum atomic E-state index is -0.227. The van der Waals surface area contributed by atoms with Gasteiger partial charge in [0.25, 0.3) is 0 Å². The number of likely N-dealkylation sites (tertiary alicyclic amines) is 1. The van der Waals surface area contributed by atoms with E-state index in [1.807, 2.05) is 66.7 Å². The topological polar surface area (TPSA) is 71.6 Å². The van der Waals surface area contributed by atoms with Crippen LogP contribution in [0.2, 0.25) is 0 Å². The molecule has 0 bridgehead atoms. The Hall–Kier alpha value is -3.32. The van der Waals surface area contributed by atoms with Crippen molar-refractivity contribution in [2.24, 2.45) is 0 Å². The summed E-state index contributed by atoms with van der Waals surface area (Å²) in [7, 11) is 0. The summed E-state index contributed by atoms with van der Waals surface area (Å²) in [6.45, 7) is 5.88. The lowest BCUT2D eigenvalue weighted by molar-refractivity contribution is 0.0922. The Kier molecular flexibility index (Phi) is 11.4. The Balaban J connectivity index is 0.000000191. The molecule has 2 fully saturated rings. The molecule has 0 saturated carbocycles. The molecule has 0 radical (unpaired) electrons. The van der Waals surface area contributed by atoms with Crippen LogP contribution >= 0.6 is 0 Å². The van der Waals surface area contributed by atoms with E-state index in [2.05, 4.69) is 6.08 Å². The molecule has 200 valence electrons. The van der Waals surface area contributed by atoms with Crippen molar-refractivity contribution in [1.29, 1.82) is 0 Å². The zero-order chi connectivity index (χ0) is 27.0. The molecule has 0 aliphatic carbocycles. The van der Waals surface area contributed by atoms with E-state index in [0.717, 1.165) is 49.9 Å². The quantitative estimate of drug-likeness (QED) is 0.363. The number of nitrogens with zero attached hydrogens (tertiary/aromatic N) is 2. The van der Waals surface area contributed by atoms with Gasteiger partial charge in [0.15, 0.2) is 0 Å². The average molecular weight is 510 g/mol. The Morgan fingerprint density at radius 1 is 0.865 bits per heavy atom. The number of allylic oxidation sites excluding steroid dienone is 1. The minimum Gasteiger partial charge on any atom is -0.445 e. The predicted octanol–water partition coefficient (Wildman–Crippen LogP) is 6.19. The van der Waals surface area contributed by atoms with Gasteiger partial charge in [-0.05, 0) is 36.8 Å². The molecule has 2 atom stereocenters. The minimum absolute atomic E-state index is 0.222. The lowest BCUT2D eigenvalue weighted by Gasteiger charge is -2.20. The zero-order valence-electron chi connectivity index (χ0n) is 22.8. The van der Waals surface area contributed by atoms with E-state index in [9.17, 15) is 9.59 Å². The number of hydrogen-bond donors (Lipinski definition) is 0. The molecule has 0 spiro atoms. The molecule has 5 rings (SSSR count). The van der Waals surface area contributed by atoms with Gasteiger partial charge < -0.3 is 24.0 Å². The lowest BCUT2D eigenvalue weighted by Crippen LogP contribution is -2.34. The van der Waals surface area contributed by atoms with Gasteiger partial charge in [-0.25, -0.2) is 9.59 Å². The third kappa shape index (κ3) is 9.92. The van der Waals surface area contributed by atoms with Crippen LogP contribution < -0.4 is 0 Å². The standard InChI is InChI=1S/C14H17NO3.C14H17NO2.C2H6/c16-14(17-10-11-5-2-1-3-6-11)15-8-4-7-12-13(9-15)18-12;16-14(15-10-6-1-2-7-11-15)17-12-13-8-4-3-5-9-13;1-2/h1-3,5-6,12-13H,4,7-10H2;1,3-6,8-9H,2,7,10-12H2;1-2H3/i;;1D. The van der Waals surface area contributed by atoms with Crippen LogP contribution in [0, 0.1) is 0 Å². The summed E-state index contributed by atoms with van der Waals surface area (Å²) in [5.74, 6) is 0. The molecule has 2 saturated heterocycles. The molecule has 7 nitrogen and oxygen atoms in total. The van der Waals surface area contributed by atoms with Crippen LogP contribution in [-0.2, 0) is 27.4 Å². The summed E-state index contributed by atoms with van der Waals surface area (Å²) in [5, 5.41) is 0. The van der Waals surface area contributed by atoms with E-state index < -0.39 is 0 Å². The summed E-state index contributed by atoms with van der Waals surface area (Å²) in [6, 6.07) is 19.5. The average Bonchev–Trinajstić information content (AvgIpc) is 3.75. The van der Waals surface area contributed by atoms with Crippen molar-refractivity contribution in [1.82, 2.24) is 9.80 Å². The highest BCUT2D eigenvalue weighted by Crippen LogP contribution is 2.30. The Bertz CT molecular complexity index is 989. The van der Waals surface area contributed by atoms with Crippen LogP contribution in [0.15, 0.2) is 72.8 Å². The molecule has 0 aromatic heterocycles. The van der Waals surface area contributed by atoms with Crippen molar-refractivity contribution >= 4 is 12.2 Å². The van der Waals surface area contributed by atoms with Crippen LogP contribution in [0.3, 0.4) is 0 Å². The second-order valence-corrected chi connectivity index (χ2v) is 8.94. The molecule has 3 aliphatic rings. The maximum absolute atomic E-state index is 11.9. The van der Waals surface area contributed by atoms with Gasteiger partial charge in [-0.3, -0.25) is 0 Å². The molecule has 37 heavy (non-hydrogen) atoms. The van der Waals surface area contributed by atoms with Crippen LogP contribution in [0.1, 0.15) is 52.0 Å². The van der Waals surface area contributed by atoms with Crippen molar-refractivity contribution in [3.05, 3.63) is 83.9 Å². The van der Waals surface area contributed by atoms with Gasteiger partial charge in [0.05, 0.1) is 12.6 Å². The number of carbonyl (C=O) groups is 2. The van der Waals surface area contributed by atoms with Crippen molar-refractivity contribution in [2.45, 2.75) is 64.9 Å². The first-order valence-corrected chi connectivity index (χ1v) is 13.1. The zero-order valence-corrected chi connectivity index (χ0v) is 21.8. The normalized spacial score (nSPS) is 20.3. The maximum Gasteiger partial charge on any atom is 0.410 e. The molecule has 2 aromatic rings. The Morgan fingerprint density at radius 3 is 2.05 bits per heavy atom. The van der Waals surface area contributed by atoms with Gasteiger partial charge in [-0.2, -0.15) is 0 Å². The number of hydrogen-bond acceptors (Lipinski definition) is 5. The fourth-order valence-corrected chi connectivity index (χ4v) is 4.15. The molecule has 2 amide bonds. The SMILES string of the molecule is O=C(OCc1ccccc1)N1CC=CCCC1.O=C(OCc1ccccc1)N1CCCC2OC2C1.[2H]CC. The lowest BCUT2D eigenvalue weighted by atomic mass is 10.2. The number of benzene rings is 2. The van der Waals surface area contributed by atoms with Crippen LogP contribution in [0.25, 0.3) is 0 Å². The molecule has 0 N–H and O–H groups in total. The summed E-state index contributed by atoms with van der Waals surface area (Å²) in [6.07, 6.45) is 8.44. The molecule has 2 aromatic carbocycles. The highest BCUT2D eigenvalue weighted by Gasteiger charge is 2.42. The maximum atomic E-state index is 11.9. The van der Waals surface area contributed by atoms with Gasteiger partial charge in [0.1, 0.15) is 19.3 Å². The van der Waals surface area contributed by atoms with Crippen molar-refractivity contribution in [2.75, 3.05) is 26.2 Å². The first-order chi connectivity index (χ1) is 18.6. The first-order valence-electron chi connectivity index (χ1n) is 13.8. The first kappa shape index (κ1) is 26.7. The number of amides is 2. The molecular weight excluding hydrogens is 468 g/mol. The third-order valence-corrected chi connectivity index (χ3v) is 6.22. The smallest absolute Gasteiger partial charge is 0.410 e. The highest BCUT2D eigenvalue weighted by molar-refractivity contribution is 5.68. The van der Waals surface area contributed by atoms with E-state index in [0.29, 0.717) is 39.3 Å². The fourth-order valence-electron chi connectivity index (χ4n) is 4.15. The summed E-state index contributed by atoms with van der Waals surface area (Å²) in [4.78, 5) is 27.2. The summed E-state index contributed by atoms with van der Waals surface area (Å²) in [5.41, 5.74) is 2.03. The molecule has 7 heteroatoms. The van der Waals surface area contributed by atoms with Gasteiger partial charge >= 0.3 is 12.2 Å². The van der Waals surface area contributed by atoms with Crippen LogP contribution in [0.4, 0.5) is 9.59 Å². The van der Waals surface area contributed by atoms with E-state index >= 15 is 0 Å². The van der Waals surface area contributed by atoms with Crippen molar-refractivity contribution < 1.29 is 25.2 Å². The number of carbonyl (C=O) groups excluding carboxylic acids is 2. The molecule has 3 heterocycles. The van der Waals surface area contributed by atoms with Gasteiger partial charge in [0.2, 0.25) is 0 Å². The van der Waals surface area contributed by atoms with Gasteiger partial charge in [-0.15, -0.1) is 0 Å². The van der Waals surface area contributed by atoms with Crippen molar-refractivity contribution in [3.63, 3.8) is 0 Å². The number of ether oxygens (including phenoxy) is 3. The fraction of sp³-hybridized carbons (Fsp3) is 0.467. The number of fused-ring (bicyclic) bond motifs is 1. The number of rotatable bonds is 4. The largest absolute Gasteiger partial charge is 0.445 e. The van der Waals surface area contributed by atoms with Gasteiger partial charge in [0, 0.05) is 21.0 Å². The van der Waals surface area contributed by atoms with Gasteiger partial charge in [-0.1, -0.05) is 86.6 Å². The second kappa shape index (κ2) is 15.7. The predicted molar refractivity (Wildman–Crippen MR) is 144 cm³/mol. The Morgan fingerprint density at radius 2 is 1.43 bits per heavy atom. The van der Waals surface area contributed by atoms with E-state index in [1.54, 1.807) is 16.7 Å². The summed E-state index contributed by atoms with van der Waals surface area (Å²) >= 11 is 0. The number of epoxide rings is 1. The highest BCUT2D eigenvalue weighted by atomic mass is 16.6. The van der Waals surface area contributed by atoms with Crippen LogP contribution in [-0.4, -0.2) is 60.4 Å². The molecule has 2 unspecified atom stereocenters. The second-order valence-electron chi connectivity index (χ2n) is 8.94. The van der Waals surface area contributed by atoms with E-state index in [1.165, 1.54) is 0 Å². The summed E-state index contributed by atoms with van der Waals surface area (Å²) < 4.78 is 22.3. The van der Waals surface area contributed by atoms with Crippen molar-refractivity contribution in [3.8, 4) is 0 Å². The van der Waals surface area contributed by atoms with E-state index in [-0.39, 0.29) is 18.3 Å². The molecular formula is C30H40N2O5. The molecule has 3 aliphatic heterocycles. The Labute approximate surface area is 222 Å². The third-order valence-electron chi connectivity index (χ3n) is 6.22. The van der Waals surface area contributed by atoms with E-state index in [4.69, 9.17) is 15.6 Å².